The van der Waals surface area contributed by atoms with E-state index in [9.17, 15) is 5.11 Å². The normalized spacial score (nSPS) is 10.6. The number of phenolic OH excluding ortho intramolecular Hbond substituents is 1. The first-order valence-corrected chi connectivity index (χ1v) is 6.03. The van der Waals surface area contributed by atoms with Crippen LogP contribution >= 0.6 is 0 Å². The molecule has 0 radical (unpaired) electrons. The Hall–Kier alpha value is -2.89. The van der Waals surface area contributed by atoms with Crippen molar-refractivity contribution in [2.45, 2.75) is 6.42 Å². The number of anilines is 1. The fourth-order valence-corrected chi connectivity index (χ4v) is 1.85. The molecule has 0 saturated carbocycles. The second kappa shape index (κ2) is 5.00. The Balaban J connectivity index is 1.89. The molecule has 0 aliphatic carbocycles. The minimum absolute atomic E-state index is 0.0518. The van der Waals surface area contributed by atoms with E-state index in [1.54, 1.807) is 30.6 Å². The second-order valence-electron chi connectivity index (χ2n) is 4.30. The minimum Gasteiger partial charge on any atom is -0.505 e. The van der Waals surface area contributed by atoms with Crippen molar-refractivity contribution in [1.82, 2.24) is 15.1 Å². The number of nitrogen functional groups attached to an aromatic ring is 1. The molecule has 3 aromatic rings. The molecule has 0 spiro atoms. The van der Waals surface area contributed by atoms with E-state index in [1.165, 1.54) is 0 Å². The maximum atomic E-state index is 9.89. The zero-order valence-corrected chi connectivity index (χ0v) is 10.5. The van der Waals surface area contributed by atoms with Crippen LogP contribution in [-0.4, -0.2) is 20.2 Å². The maximum absolute atomic E-state index is 9.89. The summed E-state index contributed by atoms with van der Waals surface area (Å²) in [5.41, 5.74) is 7.32. The second-order valence-corrected chi connectivity index (χ2v) is 4.30. The summed E-state index contributed by atoms with van der Waals surface area (Å²) in [6.07, 6.45) is 3.96. The molecular weight excluding hydrogens is 256 g/mol. The highest BCUT2D eigenvalue weighted by Crippen LogP contribution is 2.32. The number of aromatic hydroxyl groups is 1. The van der Waals surface area contributed by atoms with Crippen molar-refractivity contribution in [1.29, 1.82) is 0 Å². The van der Waals surface area contributed by atoms with Crippen LogP contribution < -0.4 is 5.73 Å². The summed E-state index contributed by atoms with van der Waals surface area (Å²) in [5, 5.41) is 13.8. The molecule has 0 fully saturated rings. The first-order chi connectivity index (χ1) is 9.74. The van der Waals surface area contributed by atoms with E-state index in [-0.39, 0.29) is 17.3 Å². The molecule has 0 atom stereocenters. The van der Waals surface area contributed by atoms with Crippen molar-refractivity contribution in [3.05, 3.63) is 54.1 Å². The number of nitrogens with two attached hydrogens (primary N) is 1. The highest BCUT2D eigenvalue weighted by Gasteiger charge is 2.14. The van der Waals surface area contributed by atoms with Gasteiger partial charge < -0.3 is 15.4 Å². The van der Waals surface area contributed by atoms with Crippen LogP contribution in [0, 0.1) is 0 Å². The van der Waals surface area contributed by atoms with Crippen molar-refractivity contribution in [3.63, 3.8) is 0 Å². The van der Waals surface area contributed by atoms with Crippen molar-refractivity contribution >= 4 is 5.69 Å². The molecule has 0 aliphatic heterocycles. The van der Waals surface area contributed by atoms with Gasteiger partial charge in [0, 0.05) is 18.8 Å². The lowest BCUT2D eigenvalue weighted by molar-refractivity contribution is 0.419. The van der Waals surface area contributed by atoms with E-state index in [0.717, 1.165) is 5.56 Å². The van der Waals surface area contributed by atoms with Crippen molar-refractivity contribution in [3.8, 4) is 17.2 Å². The minimum atomic E-state index is -0.0518. The van der Waals surface area contributed by atoms with Gasteiger partial charge in [0.25, 0.3) is 5.89 Å². The summed E-state index contributed by atoms with van der Waals surface area (Å²) in [6.45, 7) is 0. The number of para-hydroxylation sites is 1. The number of hydrogen-bond acceptors (Lipinski definition) is 6. The van der Waals surface area contributed by atoms with Crippen LogP contribution in [0.2, 0.25) is 0 Å². The smallest absolute Gasteiger partial charge is 0.261 e. The van der Waals surface area contributed by atoms with E-state index >= 15 is 0 Å². The number of nitrogens with zero attached hydrogens (tertiary/aromatic N) is 3. The summed E-state index contributed by atoms with van der Waals surface area (Å²) in [7, 11) is 0. The Morgan fingerprint density at radius 1 is 1.20 bits per heavy atom. The number of pyridine rings is 1. The highest BCUT2D eigenvalue weighted by atomic mass is 16.5. The van der Waals surface area contributed by atoms with E-state index in [2.05, 4.69) is 15.1 Å². The Bertz CT molecular complexity index is 725. The van der Waals surface area contributed by atoms with Crippen LogP contribution in [0.1, 0.15) is 11.4 Å². The van der Waals surface area contributed by atoms with Gasteiger partial charge in [-0.2, -0.15) is 4.98 Å². The molecular formula is C14H12N4O2. The molecule has 3 rings (SSSR count). The number of phenols is 1. The topological polar surface area (TPSA) is 98.1 Å². The lowest BCUT2D eigenvalue weighted by Crippen LogP contribution is -1.91. The molecule has 20 heavy (non-hydrogen) atoms. The van der Waals surface area contributed by atoms with Gasteiger partial charge in [-0.25, -0.2) is 0 Å². The van der Waals surface area contributed by atoms with Crippen molar-refractivity contribution in [2.24, 2.45) is 0 Å². The molecule has 1 aromatic carbocycles. The predicted octanol–water partition coefficient (Wildman–Crippen LogP) is 2.01. The third kappa shape index (κ3) is 2.31. The number of benzene rings is 1. The van der Waals surface area contributed by atoms with Gasteiger partial charge in [0.05, 0.1) is 11.3 Å². The molecule has 0 bridgehead atoms. The van der Waals surface area contributed by atoms with Crippen LogP contribution in [-0.2, 0) is 6.42 Å². The Labute approximate surface area is 114 Å². The molecule has 2 heterocycles. The molecule has 100 valence electrons. The maximum Gasteiger partial charge on any atom is 0.261 e. The van der Waals surface area contributed by atoms with Gasteiger partial charge in [-0.1, -0.05) is 17.3 Å². The lowest BCUT2D eigenvalue weighted by atomic mass is 10.1. The largest absolute Gasteiger partial charge is 0.505 e. The van der Waals surface area contributed by atoms with E-state index in [1.807, 2.05) is 12.1 Å². The van der Waals surface area contributed by atoms with E-state index in [4.69, 9.17) is 10.3 Å². The molecule has 3 N–H and O–H groups in total. The quantitative estimate of drug-likeness (QED) is 0.557. The molecule has 0 aliphatic rings. The predicted molar refractivity (Wildman–Crippen MR) is 72.9 cm³/mol. The van der Waals surface area contributed by atoms with Crippen LogP contribution in [0.4, 0.5) is 5.69 Å². The molecule has 2 aromatic heterocycles. The summed E-state index contributed by atoms with van der Waals surface area (Å²) < 4.78 is 5.16. The van der Waals surface area contributed by atoms with Gasteiger partial charge >= 0.3 is 0 Å². The first kappa shape index (κ1) is 12.2. The van der Waals surface area contributed by atoms with E-state index in [0.29, 0.717) is 17.8 Å². The van der Waals surface area contributed by atoms with Crippen LogP contribution in [0.25, 0.3) is 11.5 Å². The van der Waals surface area contributed by atoms with Crippen LogP contribution in [0.3, 0.4) is 0 Å². The number of hydrogen-bond donors (Lipinski definition) is 2. The van der Waals surface area contributed by atoms with Gasteiger partial charge in [0.15, 0.2) is 11.6 Å². The third-order valence-corrected chi connectivity index (χ3v) is 2.85. The highest BCUT2D eigenvalue weighted by molar-refractivity contribution is 5.71. The molecule has 0 unspecified atom stereocenters. The number of aromatic nitrogens is 3. The third-order valence-electron chi connectivity index (χ3n) is 2.85. The lowest BCUT2D eigenvalue weighted by Gasteiger charge is -2.01. The SMILES string of the molecule is Nc1cccc(-c2nc(Cc3cccnc3)no2)c1O. The fraction of sp³-hybridized carbons (Fsp3) is 0.0714. The van der Waals surface area contributed by atoms with Crippen molar-refractivity contribution in [2.75, 3.05) is 5.73 Å². The zero-order valence-electron chi connectivity index (χ0n) is 10.5. The monoisotopic (exact) mass is 268 g/mol. The summed E-state index contributed by atoms with van der Waals surface area (Å²) in [5.74, 6) is 0.715. The van der Waals surface area contributed by atoms with Gasteiger partial charge in [-0.05, 0) is 23.8 Å². The van der Waals surface area contributed by atoms with Gasteiger partial charge in [0.1, 0.15) is 0 Å². The van der Waals surface area contributed by atoms with Crippen LogP contribution in [0.5, 0.6) is 5.75 Å². The molecule has 6 heteroatoms. The Kier molecular flexibility index (Phi) is 3.04. The van der Waals surface area contributed by atoms with E-state index < -0.39 is 0 Å². The molecule has 0 saturated heterocycles. The Morgan fingerprint density at radius 2 is 2.10 bits per heavy atom. The van der Waals surface area contributed by atoms with Crippen molar-refractivity contribution < 1.29 is 9.63 Å². The average molecular weight is 268 g/mol. The fourth-order valence-electron chi connectivity index (χ4n) is 1.85. The summed E-state index contributed by atoms with van der Waals surface area (Å²) >= 11 is 0. The molecule has 6 nitrogen and oxygen atoms in total. The standard InChI is InChI=1S/C14H12N4O2/c15-11-5-1-4-10(13(11)19)14-17-12(18-20-14)7-9-3-2-6-16-8-9/h1-6,8,19H,7,15H2. The van der Waals surface area contributed by atoms with Gasteiger partial charge in [0.2, 0.25) is 0 Å². The summed E-state index contributed by atoms with van der Waals surface area (Å²) in [4.78, 5) is 8.29. The zero-order chi connectivity index (χ0) is 13.9. The van der Waals surface area contributed by atoms with Gasteiger partial charge in [-0.15, -0.1) is 0 Å². The van der Waals surface area contributed by atoms with Crippen LogP contribution in [0.15, 0.2) is 47.2 Å². The first-order valence-electron chi connectivity index (χ1n) is 6.03. The summed E-state index contributed by atoms with van der Waals surface area (Å²) in [6, 6.07) is 8.77. The number of rotatable bonds is 3. The molecule has 0 amide bonds. The Morgan fingerprint density at radius 3 is 2.90 bits per heavy atom. The average Bonchev–Trinajstić information content (AvgIpc) is 2.91. The van der Waals surface area contributed by atoms with Gasteiger partial charge in [-0.3, -0.25) is 4.98 Å².